The van der Waals surface area contributed by atoms with Crippen molar-refractivity contribution in [2.24, 2.45) is 0 Å². The second-order valence-electron chi connectivity index (χ2n) is 2.79. The SMILES string of the molecule is C=CC(=O)SCCCSCC1=CSCS1. The normalized spacial score (nSPS) is 15.1. The van der Waals surface area contributed by atoms with Gasteiger partial charge in [0.1, 0.15) is 0 Å². The van der Waals surface area contributed by atoms with Crippen LogP contribution in [0.2, 0.25) is 0 Å². The fourth-order valence-corrected chi connectivity index (χ4v) is 5.06. The van der Waals surface area contributed by atoms with Gasteiger partial charge >= 0.3 is 0 Å². The van der Waals surface area contributed by atoms with Gasteiger partial charge in [-0.1, -0.05) is 18.3 Å². The lowest BCUT2D eigenvalue weighted by Gasteiger charge is -2.00. The van der Waals surface area contributed by atoms with Crippen LogP contribution >= 0.6 is 47.0 Å². The lowest BCUT2D eigenvalue weighted by molar-refractivity contribution is -0.107. The maximum Gasteiger partial charge on any atom is 0.211 e. The maximum atomic E-state index is 10.9. The fraction of sp³-hybridized carbons (Fsp3) is 0.500. The quantitative estimate of drug-likeness (QED) is 0.518. The summed E-state index contributed by atoms with van der Waals surface area (Å²) in [4.78, 5) is 12.4. The van der Waals surface area contributed by atoms with Crippen molar-refractivity contribution in [3.05, 3.63) is 23.0 Å². The Hall–Kier alpha value is 0.550. The standard InChI is InChI=1S/C10H14OS4/c1-2-10(11)14-5-3-4-12-6-9-7-13-8-15-9/h2,7H,1,3-6,8H2. The molecule has 0 amide bonds. The van der Waals surface area contributed by atoms with E-state index >= 15 is 0 Å². The molecule has 1 aliphatic rings. The maximum absolute atomic E-state index is 10.9. The minimum atomic E-state index is 0.0884. The Kier molecular flexibility index (Phi) is 7.87. The summed E-state index contributed by atoms with van der Waals surface area (Å²) in [5.74, 6) is 3.19. The minimum absolute atomic E-state index is 0.0884. The molecule has 0 saturated heterocycles. The highest BCUT2D eigenvalue weighted by molar-refractivity contribution is 8.22. The monoisotopic (exact) mass is 278 g/mol. The van der Waals surface area contributed by atoms with E-state index in [1.165, 1.54) is 27.8 Å². The summed E-state index contributed by atoms with van der Waals surface area (Å²) in [6, 6.07) is 0. The average molecular weight is 278 g/mol. The van der Waals surface area contributed by atoms with Crippen molar-refractivity contribution in [3.8, 4) is 0 Å². The Morgan fingerprint density at radius 3 is 3.13 bits per heavy atom. The van der Waals surface area contributed by atoms with E-state index < -0.39 is 0 Å². The number of thioether (sulfide) groups is 4. The zero-order chi connectivity index (χ0) is 10.9. The smallest absolute Gasteiger partial charge is 0.211 e. The van der Waals surface area contributed by atoms with Crippen LogP contribution in [0.4, 0.5) is 0 Å². The van der Waals surface area contributed by atoms with Gasteiger partial charge in [-0.05, 0) is 23.7 Å². The molecule has 0 aliphatic carbocycles. The second kappa shape index (κ2) is 8.67. The molecule has 0 unspecified atom stereocenters. The summed E-state index contributed by atoms with van der Waals surface area (Å²) in [6.45, 7) is 3.44. The molecule has 0 saturated carbocycles. The molecule has 0 atom stereocenters. The Balaban J connectivity index is 1.88. The Morgan fingerprint density at radius 1 is 1.60 bits per heavy atom. The fourth-order valence-electron chi connectivity index (χ4n) is 0.912. The first-order valence-electron chi connectivity index (χ1n) is 4.63. The van der Waals surface area contributed by atoms with E-state index in [0.717, 1.165) is 23.7 Å². The first-order valence-corrected chi connectivity index (χ1v) is 8.81. The van der Waals surface area contributed by atoms with E-state index in [-0.39, 0.29) is 5.12 Å². The molecule has 0 radical (unpaired) electrons. The van der Waals surface area contributed by atoms with Crippen molar-refractivity contribution in [1.82, 2.24) is 0 Å². The molecule has 84 valence electrons. The lowest BCUT2D eigenvalue weighted by atomic mass is 10.6. The van der Waals surface area contributed by atoms with Crippen LogP contribution in [0.3, 0.4) is 0 Å². The van der Waals surface area contributed by atoms with Gasteiger partial charge in [-0.25, -0.2) is 0 Å². The van der Waals surface area contributed by atoms with Crippen LogP contribution in [0.15, 0.2) is 23.0 Å². The van der Waals surface area contributed by atoms with Gasteiger partial charge in [-0.2, -0.15) is 11.8 Å². The third-order valence-electron chi connectivity index (χ3n) is 1.62. The van der Waals surface area contributed by atoms with E-state index in [2.05, 4.69) is 12.0 Å². The Morgan fingerprint density at radius 2 is 2.47 bits per heavy atom. The summed E-state index contributed by atoms with van der Waals surface area (Å²) >= 11 is 7.15. The number of hydrogen-bond acceptors (Lipinski definition) is 5. The topological polar surface area (TPSA) is 17.1 Å². The van der Waals surface area contributed by atoms with E-state index in [1.807, 2.05) is 35.3 Å². The lowest BCUT2D eigenvalue weighted by Crippen LogP contribution is -1.90. The zero-order valence-electron chi connectivity index (χ0n) is 8.44. The highest BCUT2D eigenvalue weighted by Gasteiger charge is 2.05. The van der Waals surface area contributed by atoms with Crippen LogP contribution in [-0.4, -0.2) is 27.5 Å². The van der Waals surface area contributed by atoms with E-state index in [0.29, 0.717) is 0 Å². The van der Waals surface area contributed by atoms with E-state index in [1.54, 1.807) is 0 Å². The molecule has 0 bridgehead atoms. The summed E-state index contributed by atoms with van der Waals surface area (Å²) in [6.07, 6.45) is 2.48. The third-order valence-corrected chi connectivity index (χ3v) is 6.08. The van der Waals surface area contributed by atoms with Gasteiger partial charge in [0.05, 0.1) is 0 Å². The van der Waals surface area contributed by atoms with Crippen LogP contribution in [0, 0.1) is 0 Å². The molecule has 0 N–H and O–H groups in total. The predicted molar refractivity (Wildman–Crippen MR) is 77.7 cm³/mol. The van der Waals surface area contributed by atoms with Crippen molar-refractivity contribution < 1.29 is 4.79 Å². The summed E-state index contributed by atoms with van der Waals surface area (Å²) in [7, 11) is 0. The van der Waals surface area contributed by atoms with Crippen molar-refractivity contribution in [2.45, 2.75) is 6.42 Å². The number of carbonyl (C=O) groups is 1. The first-order chi connectivity index (χ1) is 7.33. The molecular formula is C10H14OS4. The van der Waals surface area contributed by atoms with Crippen molar-refractivity contribution in [3.63, 3.8) is 0 Å². The zero-order valence-corrected chi connectivity index (χ0v) is 11.7. The average Bonchev–Trinajstić information content (AvgIpc) is 2.75. The van der Waals surface area contributed by atoms with E-state index in [9.17, 15) is 4.79 Å². The van der Waals surface area contributed by atoms with Gasteiger partial charge in [0.15, 0.2) is 0 Å². The molecular weight excluding hydrogens is 264 g/mol. The molecule has 1 aliphatic heterocycles. The Bertz CT molecular complexity index is 250. The van der Waals surface area contributed by atoms with Crippen molar-refractivity contribution in [2.75, 3.05) is 22.3 Å². The molecule has 0 spiro atoms. The third kappa shape index (κ3) is 6.66. The van der Waals surface area contributed by atoms with Gasteiger partial charge < -0.3 is 0 Å². The van der Waals surface area contributed by atoms with Crippen LogP contribution in [-0.2, 0) is 4.79 Å². The minimum Gasteiger partial charge on any atom is -0.282 e. The first kappa shape index (κ1) is 13.6. The molecule has 15 heavy (non-hydrogen) atoms. The van der Waals surface area contributed by atoms with Gasteiger partial charge in [0.25, 0.3) is 0 Å². The van der Waals surface area contributed by atoms with Gasteiger partial charge in [0.2, 0.25) is 5.12 Å². The predicted octanol–water partition coefficient (Wildman–Crippen LogP) is 3.83. The summed E-state index contributed by atoms with van der Waals surface area (Å²) in [5.41, 5.74) is 0. The summed E-state index contributed by atoms with van der Waals surface area (Å²) < 4.78 is 0. The van der Waals surface area contributed by atoms with Crippen LogP contribution in [0.5, 0.6) is 0 Å². The van der Waals surface area contributed by atoms with Gasteiger partial charge in [-0.3, -0.25) is 4.79 Å². The second-order valence-corrected chi connectivity index (χ2v) is 7.32. The van der Waals surface area contributed by atoms with Crippen molar-refractivity contribution >= 4 is 52.2 Å². The summed E-state index contributed by atoms with van der Waals surface area (Å²) in [5, 5.41) is 3.53. The van der Waals surface area contributed by atoms with Crippen LogP contribution < -0.4 is 0 Å². The molecule has 1 heterocycles. The van der Waals surface area contributed by atoms with Gasteiger partial charge in [0, 0.05) is 21.5 Å². The molecule has 0 aromatic heterocycles. The molecule has 5 heteroatoms. The number of rotatable bonds is 7. The van der Waals surface area contributed by atoms with Crippen LogP contribution in [0.25, 0.3) is 0 Å². The molecule has 1 rings (SSSR count). The molecule has 0 aromatic carbocycles. The number of hydrogen-bond donors (Lipinski definition) is 0. The largest absolute Gasteiger partial charge is 0.282 e. The Labute approximate surface area is 108 Å². The van der Waals surface area contributed by atoms with Crippen LogP contribution in [0.1, 0.15) is 6.42 Å². The van der Waals surface area contributed by atoms with Gasteiger partial charge in [-0.15, -0.1) is 23.5 Å². The molecule has 0 aromatic rings. The highest BCUT2D eigenvalue weighted by atomic mass is 32.2. The van der Waals surface area contributed by atoms with E-state index in [4.69, 9.17) is 0 Å². The highest BCUT2D eigenvalue weighted by Crippen LogP contribution is 2.33. The number of carbonyl (C=O) groups excluding carboxylic acids is 1. The molecule has 0 fully saturated rings. The molecule has 1 nitrogen and oxygen atoms in total. The van der Waals surface area contributed by atoms with Crippen molar-refractivity contribution in [1.29, 1.82) is 0 Å².